The molecule has 3 heterocycles. The number of nitrogens with zero attached hydrogens (tertiary/aromatic N) is 5. The second-order valence-electron chi connectivity index (χ2n) is 5.19. The van der Waals surface area contributed by atoms with Crippen molar-refractivity contribution in [2.45, 2.75) is 0 Å². The van der Waals surface area contributed by atoms with E-state index < -0.39 is 5.97 Å². The average molecular weight is 336 g/mol. The highest BCUT2D eigenvalue weighted by Gasteiger charge is 2.19. The number of methoxy groups -OCH3 is 1. The summed E-state index contributed by atoms with van der Waals surface area (Å²) in [4.78, 5) is 19.9. The number of carbonyl (C=O) groups is 1. The number of hydrogen-bond donors (Lipinski definition) is 2. The Morgan fingerprint density at radius 3 is 3.00 bits per heavy atom. The van der Waals surface area contributed by atoms with Crippen LogP contribution in [0, 0.1) is 0 Å². The number of fused-ring (bicyclic) bond motifs is 3. The summed E-state index contributed by atoms with van der Waals surface area (Å²) in [6.07, 6.45) is 3.21. The van der Waals surface area contributed by atoms with Gasteiger partial charge in [0, 0.05) is 23.3 Å². The smallest absolute Gasteiger partial charge is 0.360 e. The van der Waals surface area contributed by atoms with Gasteiger partial charge in [0.15, 0.2) is 5.65 Å². The summed E-state index contributed by atoms with van der Waals surface area (Å²) < 4.78 is 6.58. The normalized spacial score (nSPS) is 10.9. The molecule has 1 aromatic carbocycles. The van der Waals surface area contributed by atoms with Gasteiger partial charge in [-0.25, -0.2) is 9.78 Å². The van der Waals surface area contributed by atoms with Crippen molar-refractivity contribution in [1.29, 1.82) is 0 Å². The van der Waals surface area contributed by atoms with Crippen LogP contribution < -0.4 is 10.1 Å². The molecule has 4 aromatic rings. The van der Waals surface area contributed by atoms with Crippen molar-refractivity contribution >= 4 is 34.0 Å². The van der Waals surface area contributed by atoms with Crippen molar-refractivity contribution in [2.24, 2.45) is 0 Å². The van der Waals surface area contributed by atoms with Gasteiger partial charge in [-0.2, -0.15) is 4.52 Å². The molecular formula is C16H12N6O3. The molecule has 0 aliphatic carbocycles. The molecule has 2 N–H and O–H groups in total. The number of pyridine rings is 1. The maximum Gasteiger partial charge on any atom is 0.360 e. The molecule has 9 nitrogen and oxygen atoms in total. The van der Waals surface area contributed by atoms with E-state index in [1.165, 1.54) is 4.52 Å². The molecule has 0 aliphatic heterocycles. The van der Waals surface area contributed by atoms with Gasteiger partial charge in [0.1, 0.15) is 11.6 Å². The monoisotopic (exact) mass is 336 g/mol. The minimum absolute atomic E-state index is 0.137. The Bertz CT molecular complexity index is 1110. The second-order valence-corrected chi connectivity index (χ2v) is 5.19. The van der Waals surface area contributed by atoms with Crippen LogP contribution in [0.5, 0.6) is 5.75 Å². The Labute approximate surface area is 140 Å². The number of anilines is 2. The van der Waals surface area contributed by atoms with Crippen molar-refractivity contribution in [2.75, 3.05) is 12.4 Å². The molecule has 9 heteroatoms. The zero-order valence-corrected chi connectivity index (χ0v) is 13.0. The predicted octanol–water partition coefficient (Wildman–Crippen LogP) is 2.12. The van der Waals surface area contributed by atoms with Gasteiger partial charge in [0.2, 0.25) is 5.69 Å². The van der Waals surface area contributed by atoms with Crippen molar-refractivity contribution < 1.29 is 14.6 Å². The highest BCUT2D eigenvalue weighted by atomic mass is 16.5. The van der Waals surface area contributed by atoms with Gasteiger partial charge in [-0.1, -0.05) is 11.3 Å². The maximum absolute atomic E-state index is 11.4. The first kappa shape index (κ1) is 14.8. The zero-order chi connectivity index (χ0) is 17.4. The number of benzene rings is 1. The number of carboxylic acid groups (broad SMARTS) is 1. The van der Waals surface area contributed by atoms with E-state index in [1.807, 2.05) is 24.3 Å². The summed E-state index contributed by atoms with van der Waals surface area (Å²) in [5.41, 5.74) is 1.26. The molecule has 4 rings (SSSR count). The number of aromatic carboxylic acids is 1. The lowest BCUT2D eigenvalue weighted by atomic mass is 10.2. The SMILES string of the molecule is COc1cccc(Nc2nc3c(C(=O)O)nnn3c3cnccc23)c1. The van der Waals surface area contributed by atoms with Crippen LogP contribution in [0.4, 0.5) is 11.5 Å². The first-order valence-electron chi connectivity index (χ1n) is 7.31. The molecule has 124 valence electrons. The number of nitrogens with one attached hydrogen (secondary N) is 1. The van der Waals surface area contributed by atoms with E-state index in [9.17, 15) is 9.90 Å². The Balaban J connectivity index is 1.94. The number of rotatable bonds is 4. The maximum atomic E-state index is 11.4. The van der Waals surface area contributed by atoms with Crippen molar-refractivity contribution in [3.8, 4) is 5.75 Å². The van der Waals surface area contributed by atoms with Crippen molar-refractivity contribution in [3.05, 3.63) is 48.4 Å². The Morgan fingerprint density at radius 2 is 2.20 bits per heavy atom. The largest absolute Gasteiger partial charge is 0.497 e. The van der Waals surface area contributed by atoms with Crippen molar-refractivity contribution in [1.82, 2.24) is 24.8 Å². The summed E-state index contributed by atoms with van der Waals surface area (Å²) in [5.74, 6) is -0.0321. The third-order valence-electron chi connectivity index (χ3n) is 3.68. The van der Waals surface area contributed by atoms with Gasteiger partial charge >= 0.3 is 5.97 Å². The second kappa shape index (κ2) is 5.71. The van der Waals surface area contributed by atoms with Gasteiger partial charge in [-0.15, -0.1) is 5.10 Å². The van der Waals surface area contributed by atoms with Crippen LogP contribution in [0.25, 0.3) is 16.6 Å². The van der Waals surface area contributed by atoms with Gasteiger partial charge in [0.25, 0.3) is 0 Å². The number of hydrogen-bond acceptors (Lipinski definition) is 7. The topological polar surface area (TPSA) is 115 Å². The standard InChI is InChI=1S/C16H12N6O3/c1-25-10-4-2-3-9(7-10)18-14-11-5-6-17-8-12(11)22-15(19-14)13(16(23)24)20-21-22/h2-8H,1H3,(H,18,19)(H,23,24). The summed E-state index contributed by atoms with van der Waals surface area (Å²) in [6.45, 7) is 0. The summed E-state index contributed by atoms with van der Waals surface area (Å²) in [5, 5.41) is 20.8. The third kappa shape index (κ3) is 2.47. The van der Waals surface area contributed by atoms with Crippen LogP contribution in [0.3, 0.4) is 0 Å². The van der Waals surface area contributed by atoms with Crippen molar-refractivity contribution in [3.63, 3.8) is 0 Å². The molecule has 0 atom stereocenters. The first-order valence-corrected chi connectivity index (χ1v) is 7.31. The van der Waals surface area contributed by atoms with Crippen LogP contribution in [0.1, 0.15) is 10.5 Å². The Morgan fingerprint density at radius 1 is 1.32 bits per heavy atom. The number of ether oxygens (including phenoxy) is 1. The van der Waals surface area contributed by atoms with E-state index >= 15 is 0 Å². The molecule has 0 saturated heterocycles. The minimum atomic E-state index is -1.20. The van der Waals surface area contributed by atoms with Crippen LogP contribution in [-0.2, 0) is 0 Å². The van der Waals surface area contributed by atoms with E-state index in [-0.39, 0.29) is 11.3 Å². The highest BCUT2D eigenvalue weighted by molar-refractivity contribution is 5.97. The molecule has 0 fully saturated rings. The quantitative estimate of drug-likeness (QED) is 0.582. The predicted molar refractivity (Wildman–Crippen MR) is 89.3 cm³/mol. The number of carboxylic acids is 1. The molecule has 0 radical (unpaired) electrons. The Hall–Kier alpha value is -3.75. The molecule has 0 aliphatic rings. The van der Waals surface area contributed by atoms with Crippen LogP contribution in [-0.4, -0.2) is 43.0 Å². The van der Waals surface area contributed by atoms with Crippen LogP contribution >= 0.6 is 0 Å². The molecule has 0 saturated carbocycles. The van der Waals surface area contributed by atoms with Crippen LogP contribution in [0.15, 0.2) is 42.7 Å². The van der Waals surface area contributed by atoms with E-state index in [1.54, 1.807) is 25.6 Å². The van der Waals surface area contributed by atoms with E-state index in [0.29, 0.717) is 17.1 Å². The van der Waals surface area contributed by atoms with Gasteiger partial charge in [-0.3, -0.25) is 4.98 Å². The lowest BCUT2D eigenvalue weighted by molar-refractivity contribution is 0.0692. The lowest BCUT2D eigenvalue weighted by Crippen LogP contribution is -2.03. The zero-order valence-electron chi connectivity index (χ0n) is 13.0. The Kier molecular flexibility index (Phi) is 3.38. The van der Waals surface area contributed by atoms with Gasteiger partial charge in [0.05, 0.1) is 18.8 Å². The first-order chi connectivity index (χ1) is 12.2. The summed E-state index contributed by atoms with van der Waals surface area (Å²) in [6, 6.07) is 9.10. The third-order valence-corrected chi connectivity index (χ3v) is 3.68. The number of aromatic nitrogens is 5. The fourth-order valence-corrected chi connectivity index (χ4v) is 2.53. The van der Waals surface area contributed by atoms with E-state index in [4.69, 9.17) is 4.74 Å². The van der Waals surface area contributed by atoms with Gasteiger partial charge < -0.3 is 15.2 Å². The molecule has 0 bridgehead atoms. The fourth-order valence-electron chi connectivity index (χ4n) is 2.53. The molecule has 25 heavy (non-hydrogen) atoms. The summed E-state index contributed by atoms with van der Waals surface area (Å²) in [7, 11) is 1.58. The van der Waals surface area contributed by atoms with Crippen LogP contribution in [0.2, 0.25) is 0 Å². The molecule has 0 spiro atoms. The molecular weight excluding hydrogens is 324 g/mol. The van der Waals surface area contributed by atoms with E-state index in [2.05, 4.69) is 25.6 Å². The fraction of sp³-hybridized carbons (Fsp3) is 0.0625. The minimum Gasteiger partial charge on any atom is -0.497 e. The van der Waals surface area contributed by atoms with Gasteiger partial charge in [-0.05, 0) is 18.2 Å². The average Bonchev–Trinajstić information content (AvgIpc) is 3.06. The lowest BCUT2D eigenvalue weighted by Gasteiger charge is -2.10. The summed E-state index contributed by atoms with van der Waals surface area (Å²) >= 11 is 0. The highest BCUT2D eigenvalue weighted by Crippen LogP contribution is 2.27. The van der Waals surface area contributed by atoms with E-state index in [0.717, 1.165) is 11.1 Å². The molecule has 0 amide bonds. The molecule has 0 unspecified atom stereocenters. The molecule has 3 aromatic heterocycles.